The number of anilines is 1. The van der Waals surface area contributed by atoms with Crippen molar-refractivity contribution in [1.82, 2.24) is 9.88 Å². The molecular weight excluding hydrogens is 402 g/mol. The molecule has 1 aliphatic heterocycles. The van der Waals surface area contributed by atoms with Crippen LogP contribution in [0.1, 0.15) is 25.1 Å². The number of halogens is 1. The molecule has 7 heteroatoms. The van der Waals surface area contributed by atoms with Crippen LogP contribution in [-0.4, -0.2) is 41.1 Å². The zero-order chi connectivity index (χ0) is 17.8. The highest BCUT2D eigenvalue weighted by atomic mass is 79.9. The first kappa shape index (κ1) is 18.5. The summed E-state index contributed by atoms with van der Waals surface area (Å²) in [7, 11) is 0. The maximum atomic E-state index is 12.2. The number of carbonyl (C=O) groups is 1. The second kappa shape index (κ2) is 8.40. The highest BCUT2D eigenvalue weighted by Crippen LogP contribution is 2.19. The quantitative estimate of drug-likeness (QED) is 0.796. The van der Waals surface area contributed by atoms with Crippen LogP contribution in [0.2, 0.25) is 0 Å². The Hall–Kier alpha value is -1.28. The average Bonchev–Trinajstić information content (AvgIpc) is 2.95. The molecule has 2 heterocycles. The Morgan fingerprint density at radius 2 is 2.00 bits per heavy atom. The van der Waals surface area contributed by atoms with Gasteiger partial charge >= 0.3 is 0 Å². The van der Waals surface area contributed by atoms with Crippen molar-refractivity contribution in [2.75, 3.05) is 18.4 Å². The molecule has 1 amide bonds. The Kier molecular flexibility index (Phi) is 6.22. The molecule has 0 spiro atoms. The number of benzene rings is 1. The number of amides is 1. The van der Waals surface area contributed by atoms with E-state index in [0.717, 1.165) is 35.4 Å². The lowest BCUT2D eigenvalue weighted by atomic mass is 10.1. The summed E-state index contributed by atoms with van der Waals surface area (Å²) in [6, 6.07) is 7.76. The Morgan fingerprint density at radius 3 is 2.68 bits per heavy atom. The fourth-order valence-electron chi connectivity index (χ4n) is 3.03. The molecule has 3 rings (SSSR count). The van der Waals surface area contributed by atoms with Crippen LogP contribution in [0.4, 0.5) is 5.13 Å². The van der Waals surface area contributed by atoms with E-state index in [1.165, 1.54) is 11.3 Å². The number of rotatable bonds is 5. The van der Waals surface area contributed by atoms with Crippen LogP contribution in [0.3, 0.4) is 0 Å². The average molecular weight is 424 g/mol. The summed E-state index contributed by atoms with van der Waals surface area (Å²) in [5.74, 6) is -0.0446. The number of nitrogens with zero attached hydrogens (tertiary/aromatic N) is 2. The van der Waals surface area contributed by atoms with Crippen molar-refractivity contribution < 1.29 is 9.53 Å². The fraction of sp³-hybridized carbons (Fsp3) is 0.444. The predicted octanol–water partition coefficient (Wildman–Crippen LogP) is 3.70. The number of nitrogens with one attached hydrogen (secondary N) is 1. The number of hydrogen-bond acceptors (Lipinski definition) is 5. The minimum absolute atomic E-state index is 0.0446. The van der Waals surface area contributed by atoms with Crippen LogP contribution in [-0.2, 0) is 22.5 Å². The fourth-order valence-corrected chi connectivity index (χ4v) is 4.01. The maximum absolute atomic E-state index is 12.2. The summed E-state index contributed by atoms with van der Waals surface area (Å²) >= 11 is 4.87. The zero-order valence-corrected chi connectivity index (χ0v) is 16.8. The van der Waals surface area contributed by atoms with Gasteiger partial charge in [-0.3, -0.25) is 9.69 Å². The van der Waals surface area contributed by atoms with Crippen molar-refractivity contribution in [3.8, 4) is 0 Å². The molecule has 1 aromatic carbocycles. The van der Waals surface area contributed by atoms with Gasteiger partial charge in [-0.2, -0.15) is 0 Å². The molecule has 1 aromatic heterocycles. The first-order chi connectivity index (χ1) is 12.0. The largest absolute Gasteiger partial charge is 0.373 e. The van der Waals surface area contributed by atoms with Crippen molar-refractivity contribution in [2.45, 2.75) is 39.0 Å². The third kappa shape index (κ3) is 5.60. The van der Waals surface area contributed by atoms with Gasteiger partial charge in [-0.25, -0.2) is 4.98 Å². The van der Waals surface area contributed by atoms with Gasteiger partial charge in [0.1, 0.15) is 0 Å². The summed E-state index contributed by atoms with van der Waals surface area (Å²) in [6.45, 7) is 6.80. The Bertz CT molecular complexity index is 709. The lowest BCUT2D eigenvalue weighted by Gasteiger charge is -2.34. The topological polar surface area (TPSA) is 54.5 Å². The predicted molar refractivity (Wildman–Crippen MR) is 104 cm³/mol. The summed E-state index contributed by atoms with van der Waals surface area (Å²) in [5, 5.41) is 5.57. The molecule has 5 nitrogen and oxygen atoms in total. The minimum atomic E-state index is -0.0446. The van der Waals surface area contributed by atoms with Gasteiger partial charge in [0.2, 0.25) is 5.91 Å². The van der Waals surface area contributed by atoms with E-state index in [1.807, 2.05) is 29.6 Å². The van der Waals surface area contributed by atoms with E-state index < -0.39 is 0 Å². The molecule has 1 saturated heterocycles. The van der Waals surface area contributed by atoms with E-state index in [4.69, 9.17) is 4.74 Å². The minimum Gasteiger partial charge on any atom is -0.373 e. The molecular formula is C18H22BrN3O2S. The van der Waals surface area contributed by atoms with E-state index in [0.29, 0.717) is 11.6 Å². The van der Waals surface area contributed by atoms with E-state index >= 15 is 0 Å². The number of ether oxygens (including phenoxy) is 1. The van der Waals surface area contributed by atoms with Crippen LogP contribution in [0.25, 0.3) is 0 Å². The van der Waals surface area contributed by atoms with Gasteiger partial charge in [-0.1, -0.05) is 28.1 Å². The van der Waals surface area contributed by atoms with Crippen LogP contribution in [0.5, 0.6) is 0 Å². The standard InChI is InChI=1S/C18H22BrN3O2S/c1-12-8-22(9-13(2)24-12)10-16-11-25-18(20-16)21-17(23)7-14-3-5-15(19)6-4-14/h3-6,11-13H,7-10H2,1-2H3,(H,20,21,23). The monoisotopic (exact) mass is 423 g/mol. The summed E-state index contributed by atoms with van der Waals surface area (Å²) in [5.41, 5.74) is 1.97. The van der Waals surface area contributed by atoms with Crippen LogP contribution in [0, 0.1) is 0 Å². The zero-order valence-electron chi connectivity index (χ0n) is 14.4. The SMILES string of the molecule is CC1CN(Cc2csc(NC(=O)Cc3ccc(Br)cc3)n2)CC(C)O1. The molecule has 1 N–H and O–H groups in total. The third-order valence-electron chi connectivity index (χ3n) is 3.96. The molecule has 0 saturated carbocycles. The van der Waals surface area contributed by atoms with Gasteiger partial charge in [0.25, 0.3) is 0 Å². The van der Waals surface area contributed by atoms with Crippen LogP contribution in [0.15, 0.2) is 34.1 Å². The van der Waals surface area contributed by atoms with Crippen LogP contribution < -0.4 is 5.32 Å². The summed E-state index contributed by atoms with van der Waals surface area (Å²) in [4.78, 5) is 19.1. The normalized spacial score (nSPS) is 21.2. The highest BCUT2D eigenvalue weighted by Gasteiger charge is 2.22. The third-order valence-corrected chi connectivity index (χ3v) is 5.29. The summed E-state index contributed by atoms with van der Waals surface area (Å²) < 4.78 is 6.76. The maximum Gasteiger partial charge on any atom is 0.230 e. The van der Waals surface area contributed by atoms with Gasteiger partial charge in [-0.15, -0.1) is 11.3 Å². The van der Waals surface area contributed by atoms with Crippen molar-refractivity contribution in [3.63, 3.8) is 0 Å². The molecule has 25 heavy (non-hydrogen) atoms. The highest BCUT2D eigenvalue weighted by molar-refractivity contribution is 9.10. The second-order valence-corrected chi connectivity index (χ2v) is 8.22. The molecule has 0 aliphatic carbocycles. The van der Waals surface area contributed by atoms with Crippen molar-refractivity contribution >= 4 is 38.3 Å². The van der Waals surface area contributed by atoms with Gasteiger partial charge < -0.3 is 10.1 Å². The van der Waals surface area contributed by atoms with Gasteiger partial charge in [0, 0.05) is 29.5 Å². The molecule has 2 aromatic rings. The summed E-state index contributed by atoms with van der Waals surface area (Å²) in [6.07, 6.45) is 0.834. The number of carbonyl (C=O) groups excluding carboxylic acids is 1. The van der Waals surface area contributed by atoms with E-state index in [2.05, 4.69) is 45.0 Å². The molecule has 1 fully saturated rings. The van der Waals surface area contributed by atoms with E-state index in [9.17, 15) is 4.79 Å². The first-order valence-corrected chi connectivity index (χ1v) is 10.0. The van der Waals surface area contributed by atoms with Crippen molar-refractivity contribution in [2.24, 2.45) is 0 Å². The molecule has 1 aliphatic rings. The number of aromatic nitrogens is 1. The lowest BCUT2D eigenvalue weighted by molar-refractivity contribution is -0.115. The first-order valence-electron chi connectivity index (χ1n) is 8.34. The number of morpholine rings is 1. The molecule has 0 radical (unpaired) electrons. The number of hydrogen-bond donors (Lipinski definition) is 1. The Balaban J connectivity index is 1.52. The van der Waals surface area contributed by atoms with E-state index in [-0.39, 0.29) is 18.1 Å². The van der Waals surface area contributed by atoms with Gasteiger partial charge in [0.15, 0.2) is 5.13 Å². The van der Waals surface area contributed by atoms with Crippen molar-refractivity contribution in [1.29, 1.82) is 0 Å². The Labute approximate surface area is 160 Å². The molecule has 134 valence electrons. The lowest BCUT2D eigenvalue weighted by Crippen LogP contribution is -2.44. The smallest absolute Gasteiger partial charge is 0.230 e. The molecule has 0 bridgehead atoms. The second-order valence-electron chi connectivity index (χ2n) is 6.45. The number of thiazole rings is 1. The van der Waals surface area contributed by atoms with Gasteiger partial charge in [0.05, 0.1) is 24.3 Å². The Morgan fingerprint density at radius 1 is 1.32 bits per heavy atom. The van der Waals surface area contributed by atoms with Crippen molar-refractivity contribution in [3.05, 3.63) is 45.4 Å². The van der Waals surface area contributed by atoms with E-state index in [1.54, 1.807) is 0 Å². The molecule has 2 unspecified atom stereocenters. The van der Waals surface area contributed by atoms with Crippen LogP contribution >= 0.6 is 27.3 Å². The van der Waals surface area contributed by atoms with Gasteiger partial charge in [-0.05, 0) is 31.5 Å². The molecule has 2 atom stereocenters.